The quantitative estimate of drug-likeness (QED) is 0.633. The molecule has 0 spiro atoms. The highest BCUT2D eigenvalue weighted by atomic mass is 32.1. The van der Waals surface area contributed by atoms with Gasteiger partial charge in [0.1, 0.15) is 6.04 Å². The molecule has 0 radical (unpaired) electrons. The van der Waals surface area contributed by atoms with Crippen molar-refractivity contribution in [1.29, 1.82) is 0 Å². The predicted molar refractivity (Wildman–Crippen MR) is 112 cm³/mol. The Balaban J connectivity index is 1.25. The number of nitrogens with zero attached hydrogens (tertiary/aromatic N) is 2. The number of carbonyl (C=O) groups excluding carboxylic acids is 3. The van der Waals surface area contributed by atoms with Crippen LogP contribution in [0.25, 0.3) is 0 Å². The van der Waals surface area contributed by atoms with Crippen molar-refractivity contribution in [2.45, 2.75) is 50.9 Å². The molecule has 0 bridgehead atoms. The van der Waals surface area contributed by atoms with E-state index in [2.05, 4.69) is 20.9 Å². The van der Waals surface area contributed by atoms with Crippen LogP contribution in [-0.4, -0.2) is 40.2 Å². The maximum absolute atomic E-state index is 12.9. The Hall–Kier alpha value is -2.78. The third-order valence-corrected chi connectivity index (χ3v) is 7.03. The van der Waals surface area contributed by atoms with E-state index in [9.17, 15) is 14.4 Å². The molecule has 30 heavy (non-hydrogen) atoms. The highest BCUT2D eigenvalue weighted by Crippen LogP contribution is 2.31. The zero-order valence-electron chi connectivity index (χ0n) is 16.4. The predicted octanol–water partition coefficient (Wildman–Crippen LogP) is 1.94. The highest BCUT2D eigenvalue weighted by Gasteiger charge is 2.39. The van der Waals surface area contributed by atoms with Crippen molar-refractivity contribution in [2.75, 3.05) is 11.9 Å². The molecular formula is C21H23N5O3S. The molecule has 8 nitrogen and oxygen atoms in total. The minimum atomic E-state index is -0.581. The van der Waals surface area contributed by atoms with Crippen LogP contribution in [0.5, 0.6) is 0 Å². The van der Waals surface area contributed by atoms with Gasteiger partial charge in [0.05, 0.1) is 0 Å². The number of rotatable bonds is 5. The molecule has 2 fully saturated rings. The lowest BCUT2D eigenvalue weighted by Crippen LogP contribution is -2.52. The van der Waals surface area contributed by atoms with Gasteiger partial charge in [0.25, 0.3) is 5.91 Å². The maximum atomic E-state index is 12.9. The summed E-state index contributed by atoms with van der Waals surface area (Å²) in [7, 11) is 0. The minimum Gasteiger partial charge on any atom is -0.357 e. The van der Waals surface area contributed by atoms with E-state index >= 15 is 0 Å². The molecule has 2 unspecified atom stereocenters. The Kier molecular flexibility index (Phi) is 5.00. The molecule has 156 valence electrons. The summed E-state index contributed by atoms with van der Waals surface area (Å²) in [5, 5.41) is 10.0. The van der Waals surface area contributed by atoms with Crippen LogP contribution in [0.15, 0.2) is 24.4 Å². The zero-order chi connectivity index (χ0) is 20.7. The lowest BCUT2D eigenvalue weighted by Gasteiger charge is -2.29. The van der Waals surface area contributed by atoms with E-state index in [0.717, 1.165) is 29.2 Å². The Morgan fingerprint density at radius 3 is 2.93 bits per heavy atom. The number of anilines is 1. The van der Waals surface area contributed by atoms with E-state index in [1.807, 2.05) is 24.4 Å². The third kappa shape index (κ3) is 3.59. The van der Waals surface area contributed by atoms with Crippen molar-refractivity contribution in [3.05, 3.63) is 46.0 Å². The number of aromatic nitrogens is 1. The first-order chi connectivity index (χ1) is 14.6. The summed E-state index contributed by atoms with van der Waals surface area (Å²) in [5.41, 5.74) is 2.54. The molecule has 0 saturated carbocycles. The van der Waals surface area contributed by atoms with Crippen molar-refractivity contribution in [3.63, 3.8) is 0 Å². The average molecular weight is 426 g/mol. The van der Waals surface area contributed by atoms with Crippen molar-refractivity contribution in [2.24, 2.45) is 0 Å². The number of fused-ring (bicyclic) bond motifs is 1. The van der Waals surface area contributed by atoms with Crippen molar-refractivity contribution in [1.82, 2.24) is 20.5 Å². The standard InChI is InChI=1S/C21H23N5O3S/c27-18-6-5-16(19(28)25-18)26-11-13-4-3-12(8-14(13)20(26)29)9-23-21-24-10-17(30-21)15-2-1-7-22-15/h3-4,8,10,15-16,22H,1-2,5-7,9,11H2,(H,23,24)(H,25,27,28). The lowest BCUT2D eigenvalue weighted by atomic mass is 10.0. The molecule has 3 N–H and O–H groups in total. The first-order valence-electron chi connectivity index (χ1n) is 10.3. The van der Waals surface area contributed by atoms with Gasteiger partial charge in [0.15, 0.2) is 5.13 Å². The fourth-order valence-corrected chi connectivity index (χ4v) is 5.27. The van der Waals surface area contributed by atoms with Crippen LogP contribution in [0, 0.1) is 0 Å². The summed E-state index contributed by atoms with van der Waals surface area (Å²) in [4.78, 5) is 43.8. The molecule has 3 aliphatic rings. The number of imide groups is 1. The smallest absolute Gasteiger partial charge is 0.255 e. The Bertz CT molecular complexity index is 1010. The Labute approximate surface area is 178 Å². The molecule has 4 heterocycles. The van der Waals surface area contributed by atoms with Gasteiger partial charge >= 0.3 is 0 Å². The fourth-order valence-electron chi connectivity index (χ4n) is 4.35. The number of benzene rings is 1. The van der Waals surface area contributed by atoms with E-state index in [0.29, 0.717) is 31.1 Å². The van der Waals surface area contributed by atoms with Gasteiger partial charge in [-0.15, -0.1) is 11.3 Å². The van der Waals surface area contributed by atoms with E-state index in [-0.39, 0.29) is 24.1 Å². The second-order valence-electron chi connectivity index (χ2n) is 7.96. The largest absolute Gasteiger partial charge is 0.357 e. The van der Waals surface area contributed by atoms with Crippen LogP contribution in [0.3, 0.4) is 0 Å². The van der Waals surface area contributed by atoms with Crippen LogP contribution in [0.1, 0.15) is 58.1 Å². The summed E-state index contributed by atoms with van der Waals surface area (Å²) in [6.07, 6.45) is 4.92. The van der Waals surface area contributed by atoms with Gasteiger partial charge in [-0.1, -0.05) is 12.1 Å². The number of piperidine rings is 1. The SMILES string of the molecule is O=C1CCC(N2Cc3ccc(CNc4ncc(C5CCCN5)s4)cc3C2=O)C(=O)N1. The molecule has 9 heteroatoms. The number of hydrogen-bond acceptors (Lipinski definition) is 7. The van der Waals surface area contributed by atoms with Gasteiger partial charge in [0, 0.05) is 42.2 Å². The highest BCUT2D eigenvalue weighted by molar-refractivity contribution is 7.15. The Morgan fingerprint density at radius 1 is 1.23 bits per heavy atom. The topological polar surface area (TPSA) is 103 Å². The number of amides is 3. The van der Waals surface area contributed by atoms with Gasteiger partial charge in [-0.3, -0.25) is 19.7 Å². The molecule has 1 aromatic heterocycles. The zero-order valence-corrected chi connectivity index (χ0v) is 17.3. The van der Waals surface area contributed by atoms with E-state index < -0.39 is 6.04 Å². The van der Waals surface area contributed by atoms with E-state index in [1.54, 1.807) is 16.2 Å². The monoisotopic (exact) mass is 425 g/mol. The molecule has 2 atom stereocenters. The minimum absolute atomic E-state index is 0.148. The molecule has 2 saturated heterocycles. The summed E-state index contributed by atoms with van der Waals surface area (Å²) >= 11 is 1.66. The summed E-state index contributed by atoms with van der Waals surface area (Å²) in [5.74, 6) is -0.807. The number of hydrogen-bond donors (Lipinski definition) is 3. The maximum Gasteiger partial charge on any atom is 0.255 e. The summed E-state index contributed by atoms with van der Waals surface area (Å²) in [6, 6.07) is 5.67. The van der Waals surface area contributed by atoms with Crippen LogP contribution in [-0.2, 0) is 22.7 Å². The van der Waals surface area contributed by atoms with Crippen molar-refractivity contribution in [3.8, 4) is 0 Å². The molecule has 3 amide bonds. The van der Waals surface area contributed by atoms with Crippen molar-refractivity contribution < 1.29 is 14.4 Å². The molecule has 1 aromatic carbocycles. The summed E-state index contributed by atoms with van der Waals surface area (Å²) < 4.78 is 0. The molecular weight excluding hydrogens is 402 g/mol. The normalized spacial score (nSPS) is 23.6. The van der Waals surface area contributed by atoms with Gasteiger partial charge < -0.3 is 15.5 Å². The van der Waals surface area contributed by atoms with Gasteiger partial charge in [-0.2, -0.15) is 0 Å². The first kappa shape index (κ1) is 19.2. The first-order valence-corrected chi connectivity index (χ1v) is 11.1. The van der Waals surface area contributed by atoms with Crippen LogP contribution >= 0.6 is 11.3 Å². The number of carbonyl (C=O) groups is 3. The molecule has 3 aliphatic heterocycles. The average Bonchev–Trinajstić information content (AvgIpc) is 3.47. The van der Waals surface area contributed by atoms with Crippen LogP contribution < -0.4 is 16.0 Å². The second-order valence-corrected chi connectivity index (χ2v) is 9.02. The Morgan fingerprint density at radius 2 is 2.13 bits per heavy atom. The third-order valence-electron chi connectivity index (χ3n) is 5.96. The molecule has 0 aliphatic carbocycles. The number of nitrogens with one attached hydrogen (secondary N) is 3. The van der Waals surface area contributed by atoms with Crippen molar-refractivity contribution >= 4 is 34.2 Å². The van der Waals surface area contributed by atoms with E-state index in [1.165, 1.54) is 11.3 Å². The van der Waals surface area contributed by atoms with Crippen LogP contribution in [0.2, 0.25) is 0 Å². The lowest BCUT2D eigenvalue weighted by molar-refractivity contribution is -0.136. The molecule has 2 aromatic rings. The van der Waals surface area contributed by atoms with E-state index in [4.69, 9.17) is 0 Å². The number of thiazole rings is 1. The second kappa shape index (κ2) is 7.81. The molecule has 5 rings (SSSR count). The van der Waals surface area contributed by atoms with Gasteiger partial charge in [-0.25, -0.2) is 4.98 Å². The summed E-state index contributed by atoms with van der Waals surface area (Å²) in [6.45, 7) is 2.03. The van der Waals surface area contributed by atoms with Gasteiger partial charge in [0.2, 0.25) is 11.8 Å². The van der Waals surface area contributed by atoms with Gasteiger partial charge in [-0.05, 0) is 43.0 Å². The van der Waals surface area contributed by atoms with Crippen LogP contribution in [0.4, 0.5) is 5.13 Å². The fraction of sp³-hybridized carbons (Fsp3) is 0.429.